The second kappa shape index (κ2) is 16.7. The molecular formula is C34H56O8. The number of fused-ring (bicyclic) bond motifs is 1. The molecule has 0 spiro atoms. The molecule has 0 aromatic rings. The van der Waals surface area contributed by atoms with Gasteiger partial charge < -0.3 is 33.5 Å². The summed E-state index contributed by atoms with van der Waals surface area (Å²) < 4.78 is 35.6. The lowest BCUT2D eigenvalue weighted by Gasteiger charge is -2.37. The number of unbranched alkanes of at least 4 members (excludes halogenated alkanes) is 1. The zero-order valence-corrected chi connectivity index (χ0v) is 26.5. The topological polar surface area (TPSA) is 92.7 Å². The van der Waals surface area contributed by atoms with E-state index in [1.165, 1.54) is 19.1 Å². The zero-order valence-electron chi connectivity index (χ0n) is 26.5. The number of rotatable bonds is 16. The molecule has 1 N–H and O–H groups in total. The Morgan fingerprint density at radius 2 is 1.88 bits per heavy atom. The number of methoxy groups -OCH3 is 1. The Labute approximate surface area is 253 Å². The molecule has 0 radical (unpaired) electrons. The fraction of sp³-hybridized carbons (Fsp3) is 0.853. The molecule has 0 aromatic heterocycles. The first-order chi connectivity index (χ1) is 20.3. The molecule has 2 aliphatic carbocycles. The van der Waals surface area contributed by atoms with E-state index in [0.29, 0.717) is 18.4 Å². The smallest absolute Gasteiger partial charge is 0.331 e. The van der Waals surface area contributed by atoms with Gasteiger partial charge in [-0.25, -0.2) is 4.79 Å². The normalized spacial score (nSPS) is 31.6. The molecule has 4 aliphatic rings. The summed E-state index contributed by atoms with van der Waals surface area (Å²) in [6.07, 6.45) is 18.4. The Morgan fingerprint density at radius 1 is 1.14 bits per heavy atom. The van der Waals surface area contributed by atoms with E-state index in [1.54, 1.807) is 0 Å². The maximum absolute atomic E-state index is 11.5. The fourth-order valence-electron chi connectivity index (χ4n) is 7.08. The number of hydrogen-bond donors (Lipinski definition) is 1. The highest BCUT2D eigenvalue weighted by molar-refractivity contribution is 5.70. The van der Waals surface area contributed by atoms with Gasteiger partial charge >= 0.3 is 5.97 Å². The molecule has 0 amide bonds. The van der Waals surface area contributed by atoms with Crippen molar-refractivity contribution in [3.8, 4) is 0 Å². The summed E-state index contributed by atoms with van der Waals surface area (Å²) in [5.41, 5.74) is 1.20. The summed E-state index contributed by atoms with van der Waals surface area (Å²) in [6, 6.07) is 0. The first kappa shape index (κ1) is 33.6. The van der Waals surface area contributed by atoms with Gasteiger partial charge in [-0.3, -0.25) is 0 Å². The second-order valence-electron chi connectivity index (χ2n) is 13.4. The van der Waals surface area contributed by atoms with Crippen LogP contribution in [0.5, 0.6) is 0 Å². The van der Waals surface area contributed by atoms with Crippen molar-refractivity contribution >= 4 is 5.97 Å². The quantitative estimate of drug-likeness (QED) is 0.173. The maximum atomic E-state index is 11.5. The van der Waals surface area contributed by atoms with E-state index in [4.69, 9.17) is 23.7 Å². The van der Waals surface area contributed by atoms with Crippen molar-refractivity contribution in [2.75, 3.05) is 40.1 Å². The van der Waals surface area contributed by atoms with E-state index in [9.17, 15) is 9.90 Å². The van der Waals surface area contributed by atoms with Gasteiger partial charge in [0.2, 0.25) is 0 Å². The van der Waals surface area contributed by atoms with Gasteiger partial charge in [0.05, 0.1) is 32.5 Å². The monoisotopic (exact) mass is 592 g/mol. The first-order valence-electron chi connectivity index (χ1n) is 16.5. The minimum Gasteiger partial charge on any atom is -0.467 e. The van der Waals surface area contributed by atoms with Crippen LogP contribution in [0.25, 0.3) is 0 Å². The van der Waals surface area contributed by atoms with Crippen LogP contribution in [0, 0.1) is 29.1 Å². The highest BCUT2D eigenvalue weighted by Crippen LogP contribution is 2.50. The number of esters is 1. The average molecular weight is 593 g/mol. The largest absolute Gasteiger partial charge is 0.467 e. The SMILES string of the molecule is CCCCC(C)(C)[C@@H](/C=C/[C@@H]1[C@H]2CC(C(CO)COCC(=O)OC)=C[C@H]2C[C@H]1OC1CCCCO1)OC1CCCCO1. The van der Waals surface area contributed by atoms with Crippen LogP contribution < -0.4 is 0 Å². The van der Waals surface area contributed by atoms with Crippen molar-refractivity contribution in [2.24, 2.45) is 29.1 Å². The molecular weight excluding hydrogens is 536 g/mol. The van der Waals surface area contributed by atoms with Crippen LogP contribution in [0.15, 0.2) is 23.8 Å². The minimum atomic E-state index is -0.406. The Hall–Kier alpha value is -1.29. The molecule has 4 rings (SSSR count). The third kappa shape index (κ3) is 9.35. The number of hydrogen-bond acceptors (Lipinski definition) is 8. The van der Waals surface area contributed by atoms with Crippen LogP contribution in [0.3, 0.4) is 0 Å². The fourth-order valence-corrected chi connectivity index (χ4v) is 7.08. The van der Waals surface area contributed by atoms with Gasteiger partial charge in [0.25, 0.3) is 0 Å². The van der Waals surface area contributed by atoms with E-state index in [0.717, 1.165) is 77.4 Å². The van der Waals surface area contributed by atoms with Gasteiger partial charge in [0.15, 0.2) is 12.6 Å². The number of aliphatic hydroxyl groups is 1. The number of aliphatic hydroxyl groups excluding tert-OH is 1. The molecule has 0 bridgehead atoms. The van der Waals surface area contributed by atoms with E-state index in [1.807, 2.05) is 0 Å². The van der Waals surface area contributed by atoms with Crippen molar-refractivity contribution in [1.82, 2.24) is 0 Å². The Kier molecular flexibility index (Phi) is 13.4. The predicted molar refractivity (Wildman–Crippen MR) is 161 cm³/mol. The van der Waals surface area contributed by atoms with Crippen molar-refractivity contribution in [3.05, 3.63) is 23.8 Å². The highest BCUT2D eigenvalue weighted by Gasteiger charge is 2.47. The average Bonchev–Trinajstić information content (AvgIpc) is 3.55. The van der Waals surface area contributed by atoms with E-state index < -0.39 is 5.97 Å². The summed E-state index contributed by atoms with van der Waals surface area (Å²) in [5, 5.41) is 10.2. The molecule has 1 saturated carbocycles. The molecule has 240 valence electrons. The van der Waals surface area contributed by atoms with Crippen molar-refractivity contribution in [3.63, 3.8) is 0 Å². The van der Waals surface area contributed by atoms with Gasteiger partial charge in [0, 0.05) is 25.0 Å². The van der Waals surface area contributed by atoms with Crippen LogP contribution in [0.2, 0.25) is 0 Å². The molecule has 8 heteroatoms. The van der Waals surface area contributed by atoms with Crippen molar-refractivity contribution < 1.29 is 38.3 Å². The zero-order chi connectivity index (χ0) is 30.0. The predicted octanol–water partition coefficient (Wildman–Crippen LogP) is 5.96. The van der Waals surface area contributed by atoms with E-state index >= 15 is 0 Å². The van der Waals surface area contributed by atoms with Gasteiger partial charge in [-0.1, -0.05) is 57.4 Å². The summed E-state index contributed by atoms with van der Waals surface area (Å²) >= 11 is 0. The Balaban J connectivity index is 1.50. The summed E-state index contributed by atoms with van der Waals surface area (Å²) in [6.45, 7) is 8.60. The standard InChI is InChI=1S/C34H56O8/c1-5-6-15-34(2,3)30(42-33-12-8-10-17-40-33)14-13-27-28-19-24(26(21-35)22-38-23-31(36)37-4)18-25(28)20-29(27)41-32-11-7-9-16-39-32/h13-14,18,25-30,32-33,35H,5-12,15-17,19-23H2,1-4H3/b14-13+/t25-,26?,27+,28-,29+,30+,32?,33?/m0/s1. The molecule has 2 heterocycles. The van der Waals surface area contributed by atoms with Gasteiger partial charge in [-0.15, -0.1) is 0 Å². The van der Waals surface area contributed by atoms with Crippen molar-refractivity contribution in [2.45, 2.75) is 116 Å². The van der Waals surface area contributed by atoms with Gasteiger partial charge in [-0.05, 0) is 75.0 Å². The summed E-state index contributed by atoms with van der Waals surface area (Å²) in [5.74, 6) is 0.427. The minimum absolute atomic E-state index is 0.00822. The maximum Gasteiger partial charge on any atom is 0.331 e. The van der Waals surface area contributed by atoms with E-state index in [2.05, 4.69) is 43.7 Å². The Morgan fingerprint density at radius 3 is 2.52 bits per heavy atom. The lowest BCUT2D eigenvalue weighted by molar-refractivity contribution is -0.198. The Bertz CT molecular complexity index is 873. The van der Waals surface area contributed by atoms with Crippen LogP contribution >= 0.6 is 0 Å². The van der Waals surface area contributed by atoms with Gasteiger partial charge in [-0.2, -0.15) is 0 Å². The molecule has 0 aromatic carbocycles. The van der Waals surface area contributed by atoms with Gasteiger partial charge in [0.1, 0.15) is 6.61 Å². The number of ether oxygens (including phenoxy) is 6. The highest BCUT2D eigenvalue weighted by atomic mass is 16.7. The molecule has 3 unspecified atom stereocenters. The first-order valence-corrected chi connectivity index (χ1v) is 16.5. The molecule has 8 nitrogen and oxygen atoms in total. The van der Waals surface area contributed by atoms with Crippen LogP contribution in [0.4, 0.5) is 0 Å². The van der Waals surface area contributed by atoms with E-state index in [-0.39, 0.29) is 55.3 Å². The number of carbonyl (C=O) groups is 1. The second-order valence-corrected chi connectivity index (χ2v) is 13.4. The molecule has 8 atom stereocenters. The molecule has 2 saturated heterocycles. The van der Waals surface area contributed by atoms with Crippen LogP contribution in [-0.2, 0) is 33.2 Å². The lowest BCUT2D eigenvalue weighted by Crippen LogP contribution is -2.37. The van der Waals surface area contributed by atoms with Crippen molar-refractivity contribution in [1.29, 1.82) is 0 Å². The van der Waals surface area contributed by atoms with Crippen LogP contribution in [-0.4, -0.2) is 76.0 Å². The molecule has 42 heavy (non-hydrogen) atoms. The number of allylic oxidation sites excluding steroid dienone is 1. The number of carbonyl (C=O) groups excluding carboxylic acids is 1. The lowest BCUT2D eigenvalue weighted by atomic mass is 9.80. The molecule has 3 fully saturated rings. The summed E-state index contributed by atoms with van der Waals surface area (Å²) in [7, 11) is 1.35. The molecule has 2 aliphatic heterocycles. The third-order valence-electron chi connectivity index (χ3n) is 9.74. The third-order valence-corrected chi connectivity index (χ3v) is 9.74. The summed E-state index contributed by atoms with van der Waals surface area (Å²) in [4.78, 5) is 11.5. The van der Waals surface area contributed by atoms with Crippen LogP contribution in [0.1, 0.15) is 91.4 Å².